The van der Waals surface area contributed by atoms with E-state index in [1.807, 2.05) is 12.1 Å². The first-order chi connectivity index (χ1) is 9.15. The van der Waals surface area contributed by atoms with E-state index in [9.17, 15) is 4.79 Å². The standard InChI is InChI=1S/C15H19N3O/c1-18-7-6-11(9-18)14-12-5-3-2-4-10(12)8-13(17-14)15(16)19/h2-5,11,13H,6-9H2,1H3,(H2,16,19)/t11-,13?/m0/s1. The van der Waals surface area contributed by atoms with E-state index < -0.39 is 6.04 Å². The van der Waals surface area contributed by atoms with E-state index in [2.05, 4.69) is 29.1 Å². The summed E-state index contributed by atoms with van der Waals surface area (Å²) in [4.78, 5) is 18.5. The van der Waals surface area contributed by atoms with Gasteiger partial charge in [0.1, 0.15) is 6.04 Å². The molecule has 4 nitrogen and oxygen atoms in total. The van der Waals surface area contributed by atoms with Crippen molar-refractivity contribution in [3.05, 3.63) is 35.4 Å². The molecule has 2 aliphatic heterocycles. The Labute approximate surface area is 113 Å². The lowest BCUT2D eigenvalue weighted by atomic mass is 9.87. The van der Waals surface area contributed by atoms with Crippen molar-refractivity contribution < 1.29 is 4.79 Å². The summed E-state index contributed by atoms with van der Waals surface area (Å²) in [5, 5.41) is 0. The highest BCUT2D eigenvalue weighted by atomic mass is 16.1. The van der Waals surface area contributed by atoms with Crippen LogP contribution in [0, 0.1) is 5.92 Å². The fourth-order valence-electron chi connectivity index (χ4n) is 3.09. The molecule has 0 aliphatic carbocycles. The van der Waals surface area contributed by atoms with Crippen molar-refractivity contribution in [2.45, 2.75) is 18.9 Å². The number of likely N-dealkylation sites (tertiary alicyclic amines) is 1. The summed E-state index contributed by atoms with van der Waals surface area (Å²) in [5.74, 6) is 0.103. The Morgan fingerprint density at radius 3 is 2.89 bits per heavy atom. The molecule has 0 radical (unpaired) electrons. The van der Waals surface area contributed by atoms with Crippen LogP contribution in [0.15, 0.2) is 29.3 Å². The maximum absolute atomic E-state index is 11.5. The molecule has 2 N–H and O–H groups in total. The van der Waals surface area contributed by atoms with Gasteiger partial charge in [0.2, 0.25) is 5.91 Å². The average Bonchev–Trinajstić information content (AvgIpc) is 2.84. The molecule has 1 fully saturated rings. The highest BCUT2D eigenvalue weighted by Crippen LogP contribution is 2.27. The molecule has 19 heavy (non-hydrogen) atoms. The number of carbonyl (C=O) groups is 1. The summed E-state index contributed by atoms with van der Waals surface area (Å²) in [6.45, 7) is 2.10. The third-order valence-corrected chi connectivity index (χ3v) is 4.11. The highest BCUT2D eigenvalue weighted by molar-refractivity contribution is 6.06. The van der Waals surface area contributed by atoms with Crippen molar-refractivity contribution in [3.8, 4) is 0 Å². The van der Waals surface area contributed by atoms with E-state index in [0.717, 1.165) is 25.2 Å². The van der Waals surface area contributed by atoms with Crippen LogP contribution in [0.2, 0.25) is 0 Å². The van der Waals surface area contributed by atoms with Crippen molar-refractivity contribution in [1.29, 1.82) is 0 Å². The van der Waals surface area contributed by atoms with Gasteiger partial charge in [0, 0.05) is 24.6 Å². The molecule has 2 aliphatic rings. The number of hydrogen-bond donors (Lipinski definition) is 1. The van der Waals surface area contributed by atoms with Gasteiger partial charge in [0.25, 0.3) is 0 Å². The molecule has 1 aromatic rings. The zero-order valence-electron chi connectivity index (χ0n) is 11.2. The van der Waals surface area contributed by atoms with Gasteiger partial charge in [-0.1, -0.05) is 24.3 Å². The molecule has 2 heterocycles. The van der Waals surface area contributed by atoms with E-state index in [-0.39, 0.29) is 5.91 Å². The van der Waals surface area contributed by atoms with Crippen LogP contribution in [-0.4, -0.2) is 42.7 Å². The van der Waals surface area contributed by atoms with Crippen LogP contribution in [-0.2, 0) is 11.2 Å². The van der Waals surface area contributed by atoms with E-state index in [1.54, 1.807) is 0 Å². The van der Waals surface area contributed by atoms with Crippen LogP contribution in [0.1, 0.15) is 17.5 Å². The number of nitrogens with two attached hydrogens (primary N) is 1. The summed E-state index contributed by atoms with van der Waals surface area (Å²) in [7, 11) is 2.13. The Kier molecular flexibility index (Phi) is 3.11. The number of hydrogen-bond acceptors (Lipinski definition) is 3. The first-order valence-electron chi connectivity index (χ1n) is 6.79. The fraction of sp³-hybridized carbons (Fsp3) is 0.467. The largest absolute Gasteiger partial charge is 0.368 e. The van der Waals surface area contributed by atoms with Gasteiger partial charge >= 0.3 is 0 Å². The van der Waals surface area contributed by atoms with Gasteiger partial charge in [-0.05, 0) is 31.1 Å². The summed E-state index contributed by atoms with van der Waals surface area (Å²) in [6, 6.07) is 7.86. The number of primary amides is 1. The lowest BCUT2D eigenvalue weighted by Crippen LogP contribution is -2.35. The van der Waals surface area contributed by atoms with Gasteiger partial charge in [-0.3, -0.25) is 9.79 Å². The zero-order valence-corrected chi connectivity index (χ0v) is 11.2. The van der Waals surface area contributed by atoms with Crippen LogP contribution in [0.5, 0.6) is 0 Å². The second kappa shape index (κ2) is 4.78. The maximum atomic E-state index is 11.5. The second-order valence-electron chi connectivity index (χ2n) is 5.54. The third kappa shape index (κ3) is 2.28. The van der Waals surface area contributed by atoms with E-state index in [0.29, 0.717) is 12.3 Å². The molecule has 1 amide bonds. The number of carbonyl (C=O) groups excluding carboxylic acids is 1. The van der Waals surface area contributed by atoms with Gasteiger partial charge < -0.3 is 10.6 Å². The number of amides is 1. The Morgan fingerprint density at radius 2 is 2.21 bits per heavy atom. The number of nitrogens with zero attached hydrogens (tertiary/aromatic N) is 2. The van der Waals surface area contributed by atoms with Gasteiger partial charge in [-0.15, -0.1) is 0 Å². The fourth-order valence-corrected chi connectivity index (χ4v) is 3.09. The Hall–Kier alpha value is -1.68. The first-order valence-corrected chi connectivity index (χ1v) is 6.79. The highest BCUT2D eigenvalue weighted by Gasteiger charge is 2.31. The first kappa shape index (κ1) is 12.4. The van der Waals surface area contributed by atoms with Crippen LogP contribution in [0.4, 0.5) is 0 Å². The third-order valence-electron chi connectivity index (χ3n) is 4.11. The minimum absolute atomic E-state index is 0.321. The van der Waals surface area contributed by atoms with Crippen molar-refractivity contribution >= 4 is 11.6 Å². The van der Waals surface area contributed by atoms with Crippen molar-refractivity contribution in [3.63, 3.8) is 0 Å². The quantitative estimate of drug-likeness (QED) is 0.853. The Bertz CT molecular complexity index is 538. The SMILES string of the molecule is CN1CC[C@H](C2=NC(C(N)=O)Cc3ccccc32)C1. The number of fused-ring (bicyclic) bond motifs is 1. The monoisotopic (exact) mass is 257 g/mol. The molecule has 4 heteroatoms. The molecule has 3 rings (SSSR count). The minimum atomic E-state index is -0.393. The topological polar surface area (TPSA) is 58.7 Å². The summed E-state index contributed by atoms with van der Waals surface area (Å²) in [6.07, 6.45) is 1.74. The van der Waals surface area contributed by atoms with Crippen LogP contribution in [0.25, 0.3) is 0 Å². The molecule has 2 atom stereocenters. The molecule has 0 spiro atoms. The van der Waals surface area contributed by atoms with Crippen molar-refractivity contribution in [1.82, 2.24) is 4.90 Å². The van der Waals surface area contributed by atoms with E-state index >= 15 is 0 Å². The van der Waals surface area contributed by atoms with E-state index in [4.69, 9.17) is 5.73 Å². The maximum Gasteiger partial charge on any atom is 0.242 e. The smallest absolute Gasteiger partial charge is 0.242 e. The molecule has 0 saturated carbocycles. The predicted molar refractivity (Wildman–Crippen MR) is 75.3 cm³/mol. The molecule has 1 unspecified atom stereocenters. The normalized spacial score (nSPS) is 26.9. The second-order valence-corrected chi connectivity index (χ2v) is 5.54. The van der Waals surface area contributed by atoms with Gasteiger partial charge in [0.15, 0.2) is 0 Å². The number of aliphatic imine (C=N–C) groups is 1. The molecule has 1 saturated heterocycles. The Morgan fingerprint density at radius 1 is 1.42 bits per heavy atom. The number of rotatable bonds is 2. The Balaban J connectivity index is 2.00. The molecule has 1 aromatic carbocycles. The van der Waals surface area contributed by atoms with Crippen molar-refractivity contribution in [2.24, 2.45) is 16.6 Å². The van der Waals surface area contributed by atoms with Crippen molar-refractivity contribution in [2.75, 3.05) is 20.1 Å². The number of benzene rings is 1. The minimum Gasteiger partial charge on any atom is -0.368 e. The lowest BCUT2D eigenvalue weighted by Gasteiger charge is -2.25. The molecule has 100 valence electrons. The molecule has 0 aromatic heterocycles. The van der Waals surface area contributed by atoms with Gasteiger partial charge in [-0.25, -0.2) is 0 Å². The van der Waals surface area contributed by atoms with Crippen LogP contribution >= 0.6 is 0 Å². The van der Waals surface area contributed by atoms with Crippen LogP contribution in [0.3, 0.4) is 0 Å². The summed E-state index contributed by atoms with van der Waals surface area (Å²) in [5.41, 5.74) is 8.94. The average molecular weight is 257 g/mol. The van der Waals surface area contributed by atoms with E-state index in [1.165, 1.54) is 11.1 Å². The summed E-state index contributed by atoms with van der Waals surface area (Å²) >= 11 is 0. The zero-order chi connectivity index (χ0) is 13.4. The van der Waals surface area contributed by atoms with Gasteiger partial charge in [-0.2, -0.15) is 0 Å². The van der Waals surface area contributed by atoms with Gasteiger partial charge in [0.05, 0.1) is 0 Å². The molecular weight excluding hydrogens is 238 g/mol. The predicted octanol–water partition coefficient (Wildman–Crippen LogP) is 0.837. The molecular formula is C15H19N3O. The van der Waals surface area contributed by atoms with Crippen LogP contribution < -0.4 is 5.73 Å². The lowest BCUT2D eigenvalue weighted by molar-refractivity contribution is -0.119. The molecule has 0 bridgehead atoms. The summed E-state index contributed by atoms with van der Waals surface area (Å²) < 4.78 is 0.